The maximum Gasteiger partial charge on any atom is 0.129 e. The van der Waals surface area contributed by atoms with Crippen LogP contribution in [0.5, 0.6) is 0 Å². The molecule has 0 N–H and O–H groups in total. The lowest BCUT2D eigenvalue weighted by Gasteiger charge is -2.14. The fourth-order valence-electron chi connectivity index (χ4n) is 1.94. The Balaban J connectivity index is 2.28. The molecular formula is C15H13BrClF. The smallest absolute Gasteiger partial charge is 0.129 e. The van der Waals surface area contributed by atoms with Crippen molar-refractivity contribution in [1.29, 1.82) is 0 Å². The lowest BCUT2D eigenvalue weighted by Crippen LogP contribution is -2.01. The molecule has 0 radical (unpaired) electrons. The van der Waals surface area contributed by atoms with E-state index in [0.29, 0.717) is 17.0 Å². The van der Waals surface area contributed by atoms with Gasteiger partial charge in [0.15, 0.2) is 0 Å². The van der Waals surface area contributed by atoms with Crippen molar-refractivity contribution >= 4 is 27.5 Å². The van der Waals surface area contributed by atoms with E-state index in [1.165, 1.54) is 17.2 Å². The van der Waals surface area contributed by atoms with Crippen LogP contribution in [-0.2, 0) is 6.42 Å². The molecule has 2 rings (SSSR count). The Morgan fingerprint density at radius 2 is 1.89 bits per heavy atom. The molecule has 0 heterocycles. The molecule has 0 aromatic heterocycles. The SMILES string of the molecule is Cc1ccccc1CC(Br)c1c(F)cccc1Cl. The van der Waals surface area contributed by atoms with Gasteiger partial charge >= 0.3 is 0 Å². The Kier molecular flexibility index (Phi) is 4.41. The summed E-state index contributed by atoms with van der Waals surface area (Å²) >= 11 is 9.59. The van der Waals surface area contributed by atoms with Gasteiger partial charge in [0.1, 0.15) is 5.82 Å². The third-order valence-corrected chi connectivity index (χ3v) is 4.08. The summed E-state index contributed by atoms with van der Waals surface area (Å²) in [5.41, 5.74) is 2.93. The molecular weight excluding hydrogens is 315 g/mol. The lowest BCUT2D eigenvalue weighted by atomic mass is 10.0. The van der Waals surface area contributed by atoms with Crippen LogP contribution >= 0.6 is 27.5 Å². The fourth-order valence-corrected chi connectivity index (χ4v) is 3.18. The minimum atomic E-state index is -0.266. The van der Waals surface area contributed by atoms with Crippen LogP contribution in [0.2, 0.25) is 5.02 Å². The molecule has 0 saturated heterocycles. The Morgan fingerprint density at radius 3 is 2.56 bits per heavy atom. The van der Waals surface area contributed by atoms with E-state index in [0.717, 1.165) is 0 Å². The first-order valence-electron chi connectivity index (χ1n) is 5.72. The summed E-state index contributed by atoms with van der Waals surface area (Å²) in [5.74, 6) is -0.266. The first-order valence-corrected chi connectivity index (χ1v) is 7.01. The second-order valence-corrected chi connectivity index (χ2v) is 5.75. The van der Waals surface area contributed by atoms with Crippen molar-refractivity contribution in [2.24, 2.45) is 0 Å². The molecule has 0 aliphatic carbocycles. The highest BCUT2D eigenvalue weighted by Crippen LogP contribution is 2.34. The molecule has 0 bridgehead atoms. The summed E-state index contributed by atoms with van der Waals surface area (Å²) in [7, 11) is 0. The van der Waals surface area contributed by atoms with Crippen LogP contribution in [0.25, 0.3) is 0 Å². The summed E-state index contributed by atoms with van der Waals surface area (Å²) in [6.45, 7) is 2.05. The lowest BCUT2D eigenvalue weighted by molar-refractivity contribution is 0.608. The van der Waals surface area contributed by atoms with Gasteiger partial charge in [0.25, 0.3) is 0 Å². The highest BCUT2D eigenvalue weighted by atomic mass is 79.9. The first-order chi connectivity index (χ1) is 8.59. The molecule has 0 nitrogen and oxygen atoms in total. The molecule has 18 heavy (non-hydrogen) atoms. The second kappa shape index (κ2) is 5.85. The van der Waals surface area contributed by atoms with Gasteiger partial charge in [-0.3, -0.25) is 0 Å². The number of alkyl halides is 1. The molecule has 1 unspecified atom stereocenters. The quantitative estimate of drug-likeness (QED) is 0.656. The predicted octanol–water partition coefficient (Wildman–Crippen LogP) is 5.47. The zero-order valence-electron chi connectivity index (χ0n) is 9.96. The molecule has 2 aromatic rings. The number of hydrogen-bond donors (Lipinski definition) is 0. The van der Waals surface area contributed by atoms with Gasteiger partial charge in [-0.15, -0.1) is 0 Å². The van der Waals surface area contributed by atoms with E-state index >= 15 is 0 Å². The highest BCUT2D eigenvalue weighted by molar-refractivity contribution is 9.09. The van der Waals surface area contributed by atoms with Crippen LogP contribution in [0.1, 0.15) is 21.5 Å². The summed E-state index contributed by atoms with van der Waals surface area (Å²) in [6.07, 6.45) is 0.716. The number of aryl methyl sites for hydroxylation is 1. The van der Waals surface area contributed by atoms with Gasteiger partial charge in [0.2, 0.25) is 0 Å². The maximum absolute atomic E-state index is 13.8. The van der Waals surface area contributed by atoms with E-state index in [2.05, 4.69) is 35.0 Å². The van der Waals surface area contributed by atoms with Crippen molar-refractivity contribution in [1.82, 2.24) is 0 Å². The van der Waals surface area contributed by atoms with Gasteiger partial charge in [-0.25, -0.2) is 4.39 Å². The average Bonchev–Trinajstić information content (AvgIpc) is 2.32. The molecule has 1 atom stereocenters. The van der Waals surface area contributed by atoms with Crippen molar-refractivity contribution in [3.05, 3.63) is 70.0 Å². The van der Waals surface area contributed by atoms with E-state index in [-0.39, 0.29) is 10.6 Å². The van der Waals surface area contributed by atoms with Crippen LogP contribution in [0.4, 0.5) is 4.39 Å². The first kappa shape index (κ1) is 13.6. The minimum absolute atomic E-state index is 0.118. The van der Waals surface area contributed by atoms with E-state index in [4.69, 9.17) is 11.6 Å². The summed E-state index contributed by atoms with van der Waals surface area (Å²) < 4.78 is 13.8. The van der Waals surface area contributed by atoms with Crippen LogP contribution in [-0.4, -0.2) is 0 Å². The molecule has 0 fully saturated rings. The van der Waals surface area contributed by atoms with Gasteiger partial charge in [-0.2, -0.15) is 0 Å². The van der Waals surface area contributed by atoms with Gasteiger partial charge < -0.3 is 0 Å². The largest absolute Gasteiger partial charge is 0.207 e. The van der Waals surface area contributed by atoms with Crippen molar-refractivity contribution < 1.29 is 4.39 Å². The summed E-state index contributed by atoms with van der Waals surface area (Å²) in [4.78, 5) is -0.118. The zero-order chi connectivity index (χ0) is 13.1. The molecule has 0 aliphatic heterocycles. The van der Waals surface area contributed by atoms with Gasteiger partial charge in [-0.05, 0) is 36.6 Å². The number of hydrogen-bond acceptors (Lipinski definition) is 0. The standard InChI is InChI=1S/C15H13BrClF/c1-10-5-2-3-6-11(10)9-12(16)15-13(17)7-4-8-14(15)18/h2-8,12H,9H2,1H3. The zero-order valence-corrected chi connectivity index (χ0v) is 12.3. The second-order valence-electron chi connectivity index (χ2n) is 4.23. The van der Waals surface area contributed by atoms with Crippen LogP contribution in [0, 0.1) is 12.7 Å². The van der Waals surface area contributed by atoms with E-state index < -0.39 is 0 Å². The molecule has 0 saturated carbocycles. The highest BCUT2D eigenvalue weighted by Gasteiger charge is 2.17. The van der Waals surface area contributed by atoms with E-state index in [1.807, 2.05) is 12.1 Å². The Hall–Kier alpha value is -0.860. The molecule has 3 heteroatoms. The third kappa shape index (κ3) is 2.93. The van der Waals surface area contributed by atoms with Crippen molar-refractivity contribution in [2.75, 3.05) is 0 Å². The summed E-state index contributed by atoms with van der Waals surface area (Å²) in [5, 5.41) is 0.463. The van der Waals surface area contributed by atoms with Crippen LogP contribution in [0.3, 0.4) is 0 Å². The van der Waals surface area contributed by atoms with Gasteiger partial charge in [0, 0.05) is 15.4 Å². The van der Waals surface area contributed by atoms with Crippen LogP contribution < -0.4 is 0 Å². The molecule has 0 aliphatic rings. The number of rotatable bonds is 3. The summed E-state index contributed by atoms with van der Waals surface area (Å²) in [6, 6.07) is 12.9. The monoisotopic (exact) mass is 326 g/mol. The Morgan fingerprint density at radius 1 is 1.17 bits per heavy atom. The topological polar surface area (TPSA) is 0 Å². The molecule has 2 aromatic carbocycles. The number of halogens is 3. The molecule has 94 valence electrons. The third-order valence-electron chi connectivity index (χ3n) is 2.97. The fraction of sp³-hybridized carbons (Fsp3) is 0.200. The minimum Gasteiger partial charge on any atom is -0.207 e. The normalized spacial score (nSPS) is 12.4. The van der Waals surface area contributed by atoms with Gasteiger partial charge in [-0.1, -0.05) is 57.9 Å². The Labute approximate surface area is 120 Å². The maximum atomic E-state index is 13.8. The van der Waals surface area contributed by atoms with Crippen molar-refractivity contribution in [3.63, 3.8) is 0 Å². The van der Waals surface area contributed by atoms with E-state index in [1.54, 1.807) is 12.1 Å². The van der Waals surface area contributed by atoms with Crippen molar-refractivity contribution in [2.45, 2.75) is 18.2 Å². The predicted molar refractivity (Wildman–Crippen MR) is 78.0 cm³/mol. The number of benzene rings is 2. The van der Waals surface area contributed by atoms with Crippen molar-refractivity contribution in [3.8, 4) is 0 Å². The van der Waals surface area contributed by atoms with Gasteiger partial charge in [0.05, 0.1) is 0 Å². The van der Waals surface area contributed by atoms with Crippen LogP contribution in [0.15, 0.2) is 42.5 Å². The molecule has 0 amide bonds. The van der Waals surface area contributed by atoms with E-state index in [9.17, 15) is 4.39 Å². The average molecular weight is 328 g/mol. The Bertz CT molecular complexity index is 534. The molecule has 0 spiro atoms.